The molecule has 1 N–H and O–H groups in total. The van der Waals surface area contributed by atoms with Gasteiger partial charge in [-0.2, -0.15) is 5.10 Å². The molecule has 0 amide bonds. The van der Waals surface area contributed by atoms with Crippen molar-refractivity contribution in [2.24, 2.45) is 0 Å². The van der Waals surface area contributed by atoms with E-state index in [0.717, 1.165) is 30.5 Å². The van der Waals surface area contributed by atoms with E-state index >= 15 is 0 Å². The van der Waals surface area contributed by atoms with Gasteiger partial charge in [-0.1, -0.05) is 28.1 Å². The first-order chi connectivity index (χ1) is 8.33. The summed E-state index contributed by atoms with van der Waals surface area (Å²) < 4.78 is 3.25. The molecule has 4 heteroatoms. The topological polar surface area (TPSA) is 29.9 Å². The van der Waals surface area contributed by atoms with Crippen molar-refractivity contribution in [2.75, 3.05) is 6.54 Å². The molecule has 0 aliphatic carbocycles. The van der Waals surface area contributed by atoms with Crippen molar-refractivity contribution in [3.63, 3.8) is 0 Å². The molecule has 0 bridgehead atoms. The van der Waals surface area contributed by atoms with Crippen LogP contribution in [0.3, 0.4) is 0 Å². The Kier molecular flexibility index (Phi) is 2.99. The normalized spacial score (nSPS) is 14.6. The zero-order chi connectivity index (χ0) is 11.7. The van der Waals surface area contributed by atoms with Crippen LogP contribution in [0.1, 0.15) is 16.8 Å². The molecular formula is C13H14BrN3. The first-order valence-corrected chi connectivity index (χ1v) is 6.61. The van der Waals surface area contributed by atoms with E-state index in [4.69, 9.17) is 0 Å². The van der Waals surface area contributed by atoms with Gasteiger partial charge in [0.2, 0.25) is 0 Å². The molecule has 0 fully saturated rings. The van der Waals surface area contributed by atoms with E-state index < -0.39 is 0 Å². The number of nitrogens with zero attached hydrogens (tertiary/aromatic N) is 2. The second-order valence-corrected chi connectivity index (χ2v) is 5.25. The maximum absolute atomic E-state index is 4.48. The molecule has 0 saturated heterocycles. The van der Waals surface area contributed by atoms with Crippen molar-refractivity contribution in [1.29, 1.82) is 0 Å². The van der Waals surface area contributed by atoms with Gasteiger partial charge >= 0.3 is 0 Å². The molecule has 17 heavy (non-hydrogen) atoms. The van der Waals surface area contributed by atoms with Crippen molar-refractivity contribution < 1.29 is 0 Å². The molecule has 2 heterocycles. The first kappa shape index (κ1) is 11.0. The van der Waals surface area contributed by atoms with Gasteiger partial charge in [-0.05, 0) is 17.7 Å². The van der Waals surface area contributed by atoms with E-state index in [-0.39, 0.29) is 0 Å². The number of halogens is 1. The van der Waals surface area contributed by atoms with E-state index in [1.807, 2.05) is 12.3 Å². The fraction of sp³-hybridized carbons (Fsp3) is 0.308. The number of hydrogen-bond donors (Lipinski definition) is 1. The smallest absolute Gasteiger partial charge is 0.0663 e. The summed E-state index contributed by atoms with van der Waals surface area (Å²) in [7, 11) is 0. The summed E-state index contributed by atoms with van der Waals surface area (Å²) in [5.41, 5.74) is 4.00. The van der Waals surface area contributed by atoms with Crippen LogP contribution < -0.4 is 5.32 Å². The van der Waals surface area contributed by atoms with E-state index in [2.05, 4.69) is 49.2 Å². The van der Waals surface area contributed by atoms with Crippen molar-refractivity contribution in [3.05, 3.63) is 51.8 Å². The minimum absolute atomic E-state index is 0.856. The maximum Gasteiger partial charge on any atom is 0.0663 e. The Hall–Kier alpha value is -1.13. The Morgan fingerprint density at radius 2 is 2.35 bits per heavy atom. The first-order valence-electron chi connectivity index (χ1n) is 5.81. The van der Waals surface area contributed by atoms with E-state index in [0.29, 0.717) is 0 Å². The third-order valence-corrected chi connectivity index (χ3v) is 3.60. The highest BCUT2D eigenvalue weighted by Crippen LogP contribution is 2.17. The molecule has 3 rings (SSSR count). The molecule has 0 saturated carbocycles. The van der Waals surface area contributed by atoms with Crippen LogP contribution in [0, 0.1) is 0 Å². The van der Waals surface area contributed by atoms with Gasteiger partial charge in [0.1, 0.15) is 0 Å². The van der Waals surface area contributed by atoms with Crippen molar-refractivity contribution >= 4 is 15.9 Å². The number of nitrogens with one attached hydrogen (secondary N) is 1. The summed E-state index contributed by atoms with van der Waals surface area (Å²) in [6.45, 7) is 2.86. The fourth-order valence-corrected chi connectivity index (χ4v) is 2.71. The van der Waals surface area contributed by atoms with Crippen LogP contribution in [0.25, 0.3) is 0 Å². The van der Waals surface area contributed by atoms with Crippen LogP contribution in [0.2, 0.25) is 0 Å². The number of rotatable bonds is 2. The Bertz CT molecular complexity index is 533. The highest BCUT2D eigenvalue weighted by atomic mass is 79.9. The molecule has 0 atom stereocenters. The maximum atomic E-state index is 4.48. The zero-order valence-corrected chi connectivity index (χ0v) is 11.1. The average Bonchev–Trinajstić information content (AvgIpc) is 2.73. The predicted octanol–water partition coefficient (Wildman–Crippen LogP) is 2.34. The van der Waals surface area contributed by atoms with E-state index in [9.17, 15) is 0 Å². The summed E-state index contributed by atoms with van der Waals surface area (Å²) in [5.74, 6) is 0. The molecule has 1 aromatic heterocycles. The monoisotopic (exact) mass is 291 g/mol. The molecular weight excluding hydrogens is 278 g/mol. The van der Waals surface area contributed by atoms with Crippen LogP contribution in [0.5, 0.6) is 0 Å². The quantitative estimate of drug-likeness (QED) is 0.920. The molecule has 2 aromatic rings. The molecule has 0 radical (unpaired) electrons. The van der Waals surface area contributed by atoms with Gasteiger partial charge in [0.05, 0.1) is 12.7 Å². The molecule has 1 aromatic carbocycles. The number of benzene rings is 1. The van der Waals surface area contributed by atoms with Gasteiger partial charge in [0.15, 0.2) is 0 Å². The Morgan fingerprint density at radius 3 is 3.24 bits per heavy atom. The summed E-state index contributed by atoms with van der Waals surface area (Å²) >= 11 is 3.50. The number of fused-ring (bicyclic) bond motifs is 1. The third kappa shape index (κ3) is 2.28. The van der Waals surface area contributed by atoms with Gasteiger partial charge in [-0.3, -0.25) is 4.68 Å². The van der Waals surface area contributed by atoms with Crippen molar-refractivity contribution in [1.82, 2.24) is 15.1 Å². The van der Waals surface area contributed by atoms with Gasteiger partial charge in [-0.25, -0.2) is 0 Å². The summed E-state index contributed by atoms with van der Waals surface area (Å²) in [4.78, 5) is 0. The van der Waals surface area contributed by atoms with Crippen molar-refractivity contribution in [2.45, 2.75) is 19.5 Å². The molecule has 1 aliphatic rings. The zero-order valence-electron chi connectivity index (χ0n) is 9.49. The lowest BCUT2D eigenvalue weighted by Crippen LogP contribution is -2.24. The fourth-order valence-electron chi connectivity index (χ4n) is 2.26. The standard InChI is InChI=1S/C13H14BrN3/c14-12-3-1-2-10(6-12)9-17-13-4-5-15-7-11(13)8-16-17/h1-3,6,8,15H,4-5,7,9H2. The molecule has 3 nitrogen and oxygen atoms in total. The Morgan fingerprint density at radius 1 is 1.41 bits per heavy atom. The molecule has 88 valence electrons. The Balaban J connectivity index is 1.88. The van der Waals surface area contributed by atoms with Crippen LogP contribution in [-0.2, 0) is 19.5 Å². The van der Waals surface area contributed by atoms with Crippen molar-refractivity contribution in [3.8, 4) is 0 Å². The minimum Gasteiger partial charge on any atom is -0.312 e. The van der Waals surface area contributed by atoms with Gasteiger partial charge < -0.3 is 5.32 Å². The molecule has 1 aliphatic heterocycles. The van der Waals surface area contributed by atoms with Gasteiger partial charge in [0.25, 0.3) is 0 Å². The van der Waals surface area contributed by atoms with Crippen LogP contribution in [-0.4, -0.2) is 16.3 Å². The van der Waals surface area contributed by atoms with E-state index in [1.165, 1.54) is 16.8 Å². The van der Waals surface area contributed by atoms with E-state index in [1.54, 1.807) is 0 Å². The second kappa shape index (κ2) is 4.63. The van der Waals surface area contributed by atoms with Crippen LogP contribution >= 0.6 is 15.9 Å². The third-order valence-electron chi connectivity index (χ3n) is 3.11. The SMILES string of the molecule is Brc1cccc(Cn2ncc3c2CCNC3)c1. The molecule has 0 unspecified atom stereocenters. The highest BCUT2D eigenvalue weighted by Gasteiger charge is 2.14. The summed E-state index contributed by atoms with van der Waals surface area (Å²) in [6, 6.07) is 8.40. The lowest BCUT2D eigenvalue weighted by Gasteiger charge is -2.15. The van der Waals surface area contributed by atoms with Crippen LogP contribution in [0.15, 0.2) is 34.9 Å². The second-order valence-electron chi connectivity index (χ2n) is 4.33. The average molecular weight is 292 g/mol. The number of hydrogen-bond acceptors (Lipinski definition) is 2. The minimum atomic E-state index is 0.856. The van der Waals surface area contributed by atoms with Crippen LogP contribution in [0.4, 0.5) is 0 Å². The number of aromatic nitrogens is 2. The largest absolute Gasteiger partial charge is 0.312 e. The lowest BCUT2D eigenvalue weighted by atomic mass is 10.1. The Labute approximate surface area is 109 Å². The molecule has 0 spiro atoms. The van der Waals surface area contributed by atoms with Gasteiger partial charge in [-0.15, -0.1) is 0 Å². The lowest BCUT2D eigenvalue weighted by molar-refractivity contribution is 0.582. The summed E-state index contributed by atoms with van der Waals surface area (Å²) in [5, 5.41) is 7.85. The predicted molar refractivity (Wildman–Crippen MR) is 70.9 cm³/mol. The summed E-state index contributed by atoms with van der Waals surface area (Å²) in [6.07, 6.45) is 3.06. The van der Waals surface area contributed by atoms with Gasteiger partial charge in [0, 0.05) is 35.2 Å². The highest BCUT2D eigenvalue weighted by molar-refractivity contribution is 9.10.